The second-order valence-corrected chi connectivity index (χ2v) is 5.56. The molecule has 21 heavy (non-hydrogen) atoms. The zero-order chi connectivity index (χ0) is 15.1. The van der Waals surface area contributed by atoms with E-state index in [1.54, 1.807) is 26.0 Å². The van der Waals surface area contributed by atoms with Gasteiger partial charge < -0.3 is 19.2 Å². The summed E-state index contributed by atoms with van der Waals surface area (Å²) in [5.74, 6) is 4.56. The molecule has 0 amide bonds. The summed E-state index contributed by atoms with van der Waals surface area (Å²) in [6.45, 7) is 0.602. The first kappa shape index (κ1) is 15.7. The lowest BCUT2D eigenvalue weighted by molar-refractivity contribution is 0.330. The Kier molecular flexibility index (Phi) is 5.94. The van der Waals surface area contributed by atoms with Crippen LogP contribution in [-0.2, 0) is 5.75 Å². The van der Waals surface area contributed by atoms with Gasteiger partial charge in [-0.1, -0.05) is 0 Å². The van der Waals surface area contributed by atoms with Gasteiger partial charge in [0, 0.05) is 11.8 Å². The van der Waals surface area contributed by atoms with Gasteiger partial charge in [-0.05, 0) is 24.4 Å². The van der Waals surface area contributed by atoms with Gasteiger partial charge in [-0.25, -0.2) is 0 Å². The van der Waals surface area contributed by atoms with Gasteiger partial charge in [0.2, 0.25) is 0 Å². The zero-order valence-electron chi connectivity index (χ0n) is 11.8. The van der Waals surface area contributed by atoms with E-state index in [4.69, 9.17) is 26.4 Å². The number of H-pyrrole nitrogens is 2. The molecule has 0 atom stereocenters. The molecule has 0 radical (unpaired) electrons. The second-order valence-electron chi connectivity index (χ2n) is 4.04. The minimum absolute atomic E-state index is 0.548. The molecule has 0 fully saturated rings. The molecule has 0 saturated heterocycles. The maximum Gasteiger partial charge on any atom is 0.192 e. The van der Waals surface area contributed by atoms with Gasteiger partial charge in [0.1, 0.15) is 11.6 Å². The van der Waals surface area contributed by atoms with Crippen molar-refractivity contribution in [1.29, 1.82) is 0 Å². The average Bonchev–Trinajstić information content (AvgIpc) is 2.92. The molecular weight excluding hydrogens is 310 g/mol. The smallest absolute Gasteiger partial charge is 0.192 e. The van der Waals surface area contributed by atoms with Crippen LogP contribution in [0.25, 0.3) is 0 Å². The van der Waals surface area contributed by atoms with Crippen molar-refractivity contribution in [2.75, 3.05) is 26.6 Å². The molecular formula is C13H17N3O3S2. The molecule has 0 aliphatic heterocycles. The molecule has 0 aliphatic carbocycles. The number of nitrogens with one attached hydrogen (secondary N) is 2. The van der Waals surface area contributed by atoms with Gasteiger partial charge in [-0.3, -0.25) is 5.10 Å². The number of thioether (sulfide) groups is 1. The first-order chi connectivity index (χ1) is 10.2. The van der Waals surface area contributed by atoms with Crippen LogP contribution in [0.5, 0.6) is 17.2 Å². The fraction of sp³-hybridized carbons (Fsp3) is 0.385. The van der Waals surface area contributed by atoms with Gasteiger partial charge >= 0.3 is 0 Å². The van der Waals surface area contributed by atoms with Crippen molar-refractivity contribution in [3.05, 3.63) is 28.8 Å². The third-order valence-electron chi connectivity index (χ3n) is 2.64. The molecule has 2 rings (SSSR count). The summed E-state index contributed by atoms with van der Waals surface area (Å²) in [6.07, 6.45) is 0. The Morgan fingerprint density at radius 1 is 1.24 bits per heavy atom. The highest BCUT2D eigenvalue weighted by Crippen LogP contribution is 2.30. The summed E-state index contributed by atoms with van der Waals surface area (Å²) >= 11 is 6.63. The maximum atomic E-state index is 5.68. The van der Waals surface area contributed by atoms with Crippen molar-refractivity contribution in [2.24, 2.45) is 0 Å². The SMILES string of the molecule is COc1ccc(OCCSCc2n[nH]c(=S)[nH]2)cc1OC. The second kappa shape index (κ2) is 7.94. The Morgan fingerprint density at radius 3 is 2.71 bits per heavy atom. The number of hydrogen-bond acceptors (Lipinski definition) is 6. The van der Waals surface area contributed by atoms with E-state index < -0.39 is 0 Å². The average molecular weight is 327 g/mol. The summed E-state index contributed by atoms with van der Waals surface area (Å²) in [4.78, 5) is 2.97. The predicted octanol–water partition coefficient (Wildman–Crippen LogP) is 2.80. The first-order valence-electron chi connectivity index (χ1n) is 6.29. The Balaban J connectivity index is 1.74. The largest absolute Gasteiger partial charge is 0.493 e. The van der Waals surface area contributed by atoms with Crippen LogP contribution >= 0.6 is 24.0 Å². The Labute approximate surface area is 132 Å². The van der Waals surface area contributed by atoms with Crippen LogP contribution in [0.4, 0.5) is 0 Å². The Morgan fingerprint density at radius 2 is 2.05 bits per heavy atom. The van der Waals surface area contributed by atoms with Gasteiger partial charge in [0.25, 0.3) is 0 Å². The monoisotopic (exact) mass is 327 g/mol. The molecule has 6 nitrogen and oxygen atoms in total. The van der Waals surface area contributed by atoms with E-state index in [1.807, 2.05) is 18.2 Å². The molecule has 114 valence electrons. The van der Waals surface area contributed by atoms with Crippen molar-refractivity contribution in [2.45, 2.75) is 5.75 Å². The van der Waals surface area contributed by atoms with Crippen LogP contribution in [0.2, 0.25) is 0 Å². The summed E-state index contributed by atoms with van der Waals surface area (Å²) in [6, 6.07) is 5.50. The topological polar surface area (TPSA) is 72.2 Å². The highest BCUT2D eigenvalue weighted by Gasteiger charge is 2.05. The van der Waals surface area contributed by atoms with E-state index in [1.165, 1.54) is 0 Å². The quantitative estimate of drug-likeness (QED) is 0.574. The lowest BCUT2D eigenvalue weighted by atomic mass is 10.3. The number of aromatic amines is 2. The van der Waals surface area contributed by atoms with Gasteiger partial charge in [-0.2, -0.15) is 16.9 Å². The molecule has 1 aromatic carbocycles. The van der Waals surface area contributed by atoms with Crippen LogP contribution in [0.3, 0.4) is 0 Å². The number of ether oxygens (including phenoxy) is 3. The van der Waals surface area contributed by atoms with Gasteiger partial charge in [-0.15, -0.1) is 0 Å². The van der Waals surface area contributed by atoms with Crippen molar-refractivity contribution in [3.63, 3.8) is 0 Å². The Bertz CT molecular complexity index is 627. The highest BCUT2D eigenvalue weighted by molar-refractivity contribution is 7.98. The van der Waals surface area contributed by atoms with E-state index in [9.17, 15) is 0 Å². The minimum atomic E-state index is 0.548. The van der Waals surface area contributed by atoms with Crippen LogP contribution in [-0.4, -0.2) is 41.8 Å². The molecule has 0 unspecified atom stereocenters. The fourth-order valence-electron chi connectivity index (χ4n) is 1.67. The number of methoxy groups -OCH3 is 2. The molecule has 2 aromatic rings. The van der Waals surface area contributed by atoms with E-state index >= 15 is 0 Å². The standard InChI is InChI=1S/C13H17N3O3S2/c1-17-10-4-3-9(7-11(10)18-2)19-5-6-21-8-12-14-13(20)16-15-12/h3-4,7H,5-6,8H2,1-2H3,(H2,14,15,16,20). The molecule has 8 heteroatoms. The van der Waals surface area contributed by atoms with Crippen molar-refractivity contribution < 1.29 is 14.2 Å². The van der Waals surface area contributed by atoms with Crippen molar-refractivity contribution in [1.82, 2.24) is 15.2 Å². The molecule has 2 N–H and O–H groups in total. The van der Waals surface area contributed by atoms with E-state index in [-0.39, 0.29) is 0 Å². The normalized spacial score (nSPS) is 10.4. The molecule has 0 saturated carbocycles. The molecule has 1 heterocycles. The minimum Gasteiger partial charge on any atom is -0.493 e. The van der Waals surface area contributed by atoms with Crippen LogP contribution in [0.1, 0.15) is 5.82 Å². The van der Waals surface area contributed by atoms with E-state index in [2.05, 4.69) is 15.2 Å². The third-order valence-corrected chi connectivity index (χ3v) is 3.77. The third kappa shape index (κ3) is 4.68. The number of rotatable bonds is 8. The van der Waals surface area contributed by atoms with Crippen LogP contribution in [0.15, 0.2) is 18.2 Å². The zero-order valence-corrected chi connectivity index (χ0v) is 13.5. The van der Waals surface area contributed by atoms with E-state index in [0.717, 1.165) is 23.1 Å². The Hall–Kier alpha value is -1.67. The fourth-order valence-corrected chi connectivity index (χ4v) is 2.51. The highest BCUT2D eigenvalue weighted by atomic mass is 32.2. The van der Waals surface area contributed by atoms with Crippen LogP contribution in [0, 0.1) is 4.77 Å². The maximum absolute atomic E-state index is 5.68. The van der Waals surface area contributed by atoms with Gasteiger partial charge in [0.05, 0.1) is 26.6 Å². The molecule has 1 aromatic heterocycles. The lowest BCUT2D eigenvalue weighted by Crippen LogP contribution is -2.01. The van der Waals surface area contributed by atoms with Crippen molar-refractivity contribution in [3.8, 4) is 17.2 Å². The number of nitrogens with zero attached hydrogens (tertiary/aromatic N) is 1. The molecule has 0 bridgehead atoms. The van der Waals surface area contributed by atoms with Crippen molar-refractivity contribution >= 4 is 24.0 Å². The summed E-state index contributed by atoms with van der Waals surface area (Å²) in [5, 5.41) is 6.73. The number of benzene rings is 1. The van der Waals surface area contributed by atoms with E-state index in [0.29, 0.717) is 22.9 Å². The number of hydrogen-bond donors (Lipinski definition) is 2. The first-order valence-corrected chi connectivity index (χ1v) is 7.85. The predicted molar refractivity (Wildman–Crippen MR) is 85.0 cm³/mol. The summed E-state index contributed by atoms with van der Waals surface area (Å²) < 4.78 is 16.6. The molecule has 0 spiro atoms. The summed E-state index contributed by atoms with van der Waals surface area (Å²) in [7, 11) is 3.21. The van der Waals surface area contributed by atoms with Gasteiger partial charge in [0.15, 0.2) is 16.3 Å². The molecule has 0 aliphatic rings. The number of aromatic nitrogens is 3. The summed E-state index contributed by atoms with van der Waals surface area (Å²) in [5.41, 5.74) is 0. The lowest BCUT2D eigenvalue weighted by Gasteiger charge is -2.10. The van der Waals surface area contributed by atoms with Crippen LogP contribution < -0.4 is 14.2 Å².